The van der Waals surface area contributed by atoms with Gasteiger partial charge in [0.1, 0.15) is 5.75 Å². The lowest BCUT2D eigenvalue weighted by Crippen LogP contribution is -2.13. The van der Waals surface area contributed by atoms with Gasteiger partial charge in [0.05, 0.1) is 12.7 Å². The third-order valence-electron chi connectivity index (χ3n) is 3.31. The topological polar surface area (TPSA) is 77.3 Å². The summed E-state index contributed by atoms with van der Waals surface area (Å²) >= 11 is 1.50. The summed E-state index contributed by atoms with van der Waals surface area (Å²) in [6.45, 7) is 0. The molecule has 1 heterocycles. The van der Waals surface area contributed by atoms with Gasteiger partial charge in [-0.1, -0.05) is 23.3 Å². The van der Waals surface area contributed by atoms with Gasteiger partial charge in [-0.05, 0) is 36.6 Å². The monoisotopic (exact) mass is 341 g/mol. The fourth-order valence-electron chi connectivity index (χ4n) is 2.14. The van der Waals surface area contributed by atoms with Crippen molar-refractivity contribution in [2.45, 2.75) is 4.90 Å². The van der Waals surface area contributed by atoms with Crippen LogP contribution in [0.1, 0.15) is 10.4 Å². The van der Waals surface area contributed by atoms with Gasteiger partial charge in [-0.25, -0.2) is 0 Å². The highest BCUT2D eigenvalue weighted by Crippen LogP contribution is 2.25. The third-order valence-corrected chi connectivity index (χ3v) is 4.11. The molecule has 24 heavy (non-hydrogen) atoms. The molecule has 6 nitrogen and oxygen atoms in total. The molecule has 3 rings (SSSR count). The number of hydrogen-bond donors (Lipinski definition) is 1. The van der Waals surface area contributed by atoms with E-state index in [0.717, 1.165) is 4.90 Å². The first-order chi connectivity index (χ1) is 11.7. The first-order valence-corrected chi connectivity index (χ1v) is 8.36. The summed E-state index contributed by atoms with van der Waals surface area (Å²) in [7, 11) is 1.59. The SMILES string of the molecule is COc1cccc(-c2nnc(NC(=O)c3ccccc3SC)o2)c1. The van der Waals surface area contributed by atoms with E-state index in [1.54, 1.807) is 19.2 Å². The summed E-state index contributed by atoms with van der Waals surface area (Å²) in [5.41, 5.74) is 1.28. The molecule has 0 bridgehead atoms. The van der Waals surface area contributed by atoms with Crippen LogP contribution in [-0.2, 0) is 0 Å². The van der Waals surface area contributed by atoms with Gasteiger partial charge >= 0.3 is 6.01 Å². The number of methoxy groups -OCH3 is 1. The predicted molar refractivity (Wildman–Crippen MR) is 92.5 cm³/mol. The normalized spacial score (nSPS) is 10.4. The van der Waals surface area contributed by atoms with Crippen LogP contribution in [-0.4, -0.2) is 29.5 Å². The molecule has 0 unspecified atom stereocenters. The lowest BCUT2D eigenvalue weighted by atomic mass is 10.2. The number of hydrogen-bond acceptors (Lipinski definition) is 6. The molecule has 0 saturated heterocycles. The molecule has 3 aromatic rings. The van der Waals surface area contributed by atoms with Gasteiger partial charge in [0, 0.05) is 10.5 Å². The number of amides is 1. The van der Waals surface area contributed by atoms with Crippen LogP contribution in [0.15, 0.2) is 57.8 Å². The molecule has 0 fully saturated rings. The minimum absolute atomic E-state index is 0.0497. The van der Waals surface area contributed by atoms with E-state index < -0.39 is 0 Å². The molecule has 0 aliphatic heterocycles. The molecule has 0 spiro atoms. The molecule has 0 aliphatic rings. The Morgan fingerprint density at radius 3 is 2.79 bits per heavy atom. The second-order valence-corrected chi connectivity index (χ2v) is 5.65. The zero-order chi connectivity index (χ0) is 16.9. The molecule has 0 atom stereocenters. The average Bonchev–Trinajstić information content (AvgIpc) is 3.10. The van der Waals surface area contributed by atoms with Crippen molar-refractivity contribution in [3.05, 3.63) is 54.1 Å². The molecule has 2 aromatic carbocycles. The van der Waals surface area contributed by atoms with Crippen LogP contribution in [0.5, 0.6) is 5.75 Å². The number of anilines is 1. The Balaban J connectivity index is 1.79. The van der Waals surface area contributed by atoms with E-state index in [1.165, 1.54) is 11.8 Å². The summed E-state index contributed by atoms with van der Waals surface area (Å²) in [5, 5.41) is 10.5. The summed E-state index contributed by atoms with van der Waals surface area (Å²) < 4.78 is 10.7. The van der Waals surface area contributed by atoms with E-state index in [4.69, 9.17) is 9.15 Å². The van der Waals surface area contributed by atoms with Crippen molar-refractivity contribution >= 4 is 23.7 Å². The van der Waals surface area contributed by atoms with Gasteiger partial charge in [0.15, 0.2) is 0 Å². The van der Waals surface area contributed by atoms with E-state index >= 15 is 0 Å². The minimum Gasteiger partial charge on any atom is -0.497 e. The van der Waals surface area contributed by atoms with Crippen molar-refractivity contribution in [2.75, 3.05) is 18.7 Å². The number of rotatable bonds is 5. The molecule has 122 valence electrons. The summed E-state index contributed by atoms with van der Waals surface area (Å²) in [4.78, 5) is 13.2. The molecule has 0 radical (unpaired) electrons. The number of nitrogens with one attached hydrogen (secondary N) is 1. The van der Waals surface area contributed by atoms with Crippen molar-refractivity contribution in [3.8, 4) is 17.2 Å². The molecule has 1 amide bonds. The Hall–Kier alpha value is -2.80. The molecule has 0 saturated carbocycles. The molecular weight excluding hydrogens is 326 g/mol. The van der Waals surface area contributed by atoms with Gasteiger partial charge in [-0.2, -0.15) is 0 Å². The van der Waals surface area contributed by atoms with Crippen LogP contribution in [0, 0.1) is 0 Å². The maximum Gasteiger partial charge on any atom is 0.322 e. The first-order valence-electron chi connectivity index (χ1n) is 7.13. The summed E-state index contributed by atoms with van der Waals surface area (Å²) in [6.07, 6.45) is 1.92. The van der Waals surface area contributed by atoms with Crippen molar-refractivity contribution in [3.63, 3.8) is 0 Å². The number of thioether (sulfide) groups is 1. The van der Waals surface area contributed by atoms with Crippen LogP contribution in [0.2, 0.25) is 0 Å². The van der Waals surface area contributed by atoms with Crippen LogP contribution < -0.4 is 10.1 Å². The highest BCUT2D eigenvalue weighted by molar-refractivity contribution is 7.98. The largest absolute Gasteiger partial charge is 0.497 e. The van der Waals surface area contributed by atoms with Gasteiger partial charge in [0.2, 0.25) is 5.89 Å². The maximum absolute atomic E-state index is 12.4. The Labute approximate surface area is 143 Å². The van der Waals surface area contributed by atoms with E-state index in [1.807, 2.05) is 42.7 Å². The lowest BCUT2D eigenvalue weighted by Gasteiger charge is -2.05. The first kappa shape index (κ1) is 16.1. The molecule has 7 heteroatoms. The Morgan fingerprint density at radius 1 is 1.17 bits per heavy atom. The van der Waals surface area contributed by atoms with Crippen LogP contribution >= 0.6 is 11.8 Å². The number of carbonyl (C=O) groups is 1. The predicted octanol–water partition coefficient (Wildman–Crippen LogP) is 3.72. The van der Waals surface area contributed by atoms with Gasteiger partial charge in [-0.15, -0.1) is 16.9 Å². The molecule has 1 aromatic heterocycles. The highest BCUT2D eigenvalue weighted by atomic mass is 32.2. The van der Waals surface area contributed by atoms with Crippen molar-refractivity contribution in [2.24, 2.45) is 0 Å². The fraction of sp³-hybridized carbons (Fsp3) is 0.118. The fourth-order valence-corrected chi connectivity index (χ4v) is 2.74. The van der Waals surface area contributed by atoms with E-state index in [0.29, 0.717) is 22.8 Å². The number of benzene rings is 2. The second-order valence-electron chi connectivity index (χ2n) is 4.80. The molecule has 0 aliphatic carbocycles. The number of nitrogens with zero attached hydrogens (tertiary/aromatic N) is 2. The zero-order valence-corrected chi connectivity index (χ0v) is 14.0. The Bertz CT molecular complexity index is 864. The van der Waals surface area contributed by atoms with E-state index in [2.05, 4.69) is 15.5 Å². The molecule has 1 N–H and O–H groups in total. The van der Waals surface area contributed by atoms with Gasteiger partial charge in [0.25, 0.3) is 5.91 Å². The third kappa shape index (κ3) is 3.41. The molecular formula is C17H15N3O3S. The van der Waals surface area contributed by atoms with Crippen molar-refractivity contribution in [1.29, 1.82) is 0 Å². The van der Waals surface area contributed by atoms with Crippen molar-refractivity contribution < 1.29 is 13.9 Å². The van der Waals surface area contributed by atoms with Gasteiger partial charge < -0.3 is 9.15 Å². The smallest absolute Gasteiger partial charge is 0.322 e. The number of aromatic nitrogens is 2. The highest BCUT2D eigenvalue weighted by Gasteiger charge is 2.15. The Morgan fingerprint density at radius 2 is 2.00 bits per heavy atom. The average molecular weight is 341 g/mol. The van der Waals surface area contributed by atoms with Crippen molar-refractivity contribution in [1.82, 2.24) is 10.2 Å². The van der Waals surface area contributed by atoms with E-state index in [9.17, 15) is 4.79 Å². The number of carbonyl (C=O) groups excluding carboxylic acids is 1. The second kappa shape index (κ2) is 7.18. The van der Waals surface area contributed by atoms with Crippen LogP contribution in [0.25, 0.3) is 11.5 Å². The maximum atomic E-state index is 12.4. The van der Waals surface area contributed by atoms with Crippen LogP contribution in [0.4, 0.5) is 6.01 Å². The lowest BCUT2D eigenvalue weighted by molar-refractivity contribution is 0.102. The number of ether oxygens (including phenoxy) is 1. The van der Waals surface area contributed by atoms with Crippen LogP contribution in [0.3, 0.4) is 0 Å². The van der Waals surface area contributed by atoms with Gasteiger partial charge in [-0.3, -0.25) is 10.1 Å². The minimum atomic E-state index is -0.291. The summed E-state index contributed by atoms with van der Waals surface area (Å²) in [5.74, 6) is 0.702. The summed E-state index contributed by atoms with van der Waals surface area (Å²) in [6, 6.07) is 14.6. The Kier molecular flexibility index (Phi) is 4.81. The standard InChI is InChI=1S/C17H15N3O3S/c1-22-12-7-5-6-11(10-12)16-19-20-17(23-16)18-15(21)13-8-3-4-9-14(13)24-2/h3-10H,1-2H3,(H,18,20,21). The zero-order valence-electron chi connectivity index (χ0n) is 13.1. The quantitative estimate of drug-likeness (QED) is 0.713. The van der Waals surface area contributed by atoms with E-state index in [-0.39, 0.29) is 11.9 Å².